The van der Waals surface area contributed by atoms with Crippen molar-refractivity contribution in [3.05, 3.63) is 119 Å². The van der Waals surface area contributed by atoms with Crippen molar-refractivity contribution in [3.63, 3.8) is 0 Å². The van der Waals surface area contributed by atoms with Crippen LogP contribution < -0.4 is 9.47 Å². The summed E-state index contributed by atoms with van der Waals surface area (Å²) < 4.78 is 13.2. The Bertz CT molecular complexity index is 1550. The molecule has 0 fully saturated rings. The van der Waals surface area contributed by atoms with Gasteiger partial charge in [0.05, 0.1) is 33.9 Å². The Hall–Kier alpha value is -3.33. The van der Waals surface area contributed by atoms with Gasteiger partial charge in [0.1, 0.15) is 17.0 Å². The molecule has 8 heteroatoms. The highest BCUT2D eigenvalue weighted by Gasteiger charge is 2.36. The predicted molar refractivity (Wildman–Crippen MR) is 167 cm³/mol. The van der Waals surface area contributed by atoms with E-state index in [9.17, 15) is 0 Å². The summed E-state index contributed by atoms with van der Waals surface area (Å²) in [7, 11) is 3.36. The molecule has 0 amide bonds. The molecule has 39 heavy (non-hydrogen) atoms. The first kappa shape index (κ1) is 27.2. The quantitative estimate of drug-likeness (QED) is 0.126. The number of aromatic nitrogens is 3. The Morgan fingerprint density at radius 3 is 2.15 bits per heavy atom. The zero-order valence-corrected chi connectivity index (χ0v) is 24.5. The average Bonchev–Trinajstić information content (AvgIpc) is 3.40. The Morgan fingerprint density at radius 1 is 0.846 bits per heavy atom. The van der Waals surface area contributed by atoms with Crippen molar-refractivity contribution in [1.29, 1.82) is 0 Å². The summed E-state index contributed by atoms with van der Waals surface area (Å²) in [6.07, 6.45) is 0.762. The molecule has 5 aromatic rings. The minimum absolute atomic E-state index is 0.453. The zero-order chi connectivity index (χ0) is 27.2. The summed E-state index contributed by atoms with van der Waals surface area (Å²) in [4.78, 5) is 0. The number of fused-ring (bicyclic) bond motifs is 1. The van der Waals surface area contributed by atoms with Gasteiger partial charge in [0.15, 0.2) is 0 Å². The van der Waals surface area contributed by atoms with Crippen LogP contribution in [0.15, 0.2) is 97.1 Å². The van der Waals surface area contributed by atoms with Crippen LogP contribution in [0.3, 0.4) is 0 Å². The Morgan fingerprint density at radius 2 is 1.49 bits per heavy atom. The minimum atomic E-state index is -0.453. The molecule has 1 aromatic heterocycles. The number of para-hydroxylation sites is 1. The number of thioether (sulfide) groups is 2. The molecule has 4 aromatic carbocycles. The number of ether oxygens (including phenoxy) is 2. The zero-order valence-electron chi connectivity index (χ0n) is 22.0. The van der Waals surface area contributed by atoms with Gasteiger partial charge in [0.25, 0.3) is 0 Å². The normalized spacial score (nSPS) is 12.7. The van der Waals surface area contributed by atoms with Gasteiger partial charge < -0.3 is 9.47 Å². The van der Waals surface area contributed by atoms with Gasteiger partial charge in [0, 0.05) is 6.42 Å². The fourth-order valence-corrected chi connectivity index (χ4v) is 7.80. The number of rotatable bonds is 10. The van der Waals surface area contributed by atoms with E-state index in [-0.39, 0.29) is 0 Å². The highest BCUT2D eigenvalue weighted by atomic mass is 32.2. The highest BCUT2D eigenvalue weighted by molar-refractivity contribution is 8.31. The Labute approximate surface area is 242 Å². The van der Waals surface area contributed by atoms with Crippen LogP contribution in [0.1, 0.15) is 22.3 Å². The minimum Gasteiger partial charge on any atom is -0.497 e. The summed E-state index contributed by atoms with van der Waals surface area (Å²) in [5.41, 5.74) is 6.50. The van der Waals surface area contributed by atoms with Gasteiger partial charge in [0.2, 0.25) is 0 Å². The molecule has 0 aliphatic rings. The van der Waals surface area contributed by atoms with Gasteiger partial charge in [-0.25, -0.2) is 4.68 Å². The van der Waals surface area contributed by atoms with Crippen LogP contribution in [-0.2, 0) is 16.4 Å². The third-order valence-electron chi connectivity index (χ3n) is 6.51. The fraction of sp³-hybridized carbons (Fsp3) is 0.194. The van der Waals surface area contributed by atoms with Crippen LogP contribution in [0.4, 0.5) is 0 Å². The van der Waals surface area contributed by atoms with E-state index in [2.05, 4.69) is 59.7 Å². The number of aryl methyl sites for hydroxylation is 1. The lowest BCUT2D eigenvalue weighted by Crippen LogP contribution is -2.24. The second-order valence-electron chi connectivity index (χ2n) is 9.11. The standard InChI is InChI=1S/C31H29N3O2S3/c1-22-8-10-23(11-9-22)20-31(25-14-18-27(36-3)19-15-25,39-30(37)24-12-16-26(35-2)17-13-24)38-21-34-29-7-5-4-6-28(29)32-33-34/h4-19H,20-21H2,1-3H3. The summed E-state index contributed by atoms with van der Waals surface area (Å²) in [5, 5.41) is 8.84. The summed E-state index contributed by atoms with van der Waals surface area (Å²) >= 11 is 9.59. The molecule has 5 nitrogen and oxygen atoms in total. The Kier molecular flexibility index (Phi) is 8.55. The molecule has 0 aliphatic heterocycles. The van der Waals surface area contributed by atoms with Crippen LogP contribution in [-0.4, -0.2) is 33.4 Å². The van der Waals surface area contributed by atoms with E-state index >= 15 is 0 Å². The second kappa shape index (κ2) is 12.2. The molecule has 0 N–H and O–H groups in total. The molecule has 0 radical (unpaired) electrons. The van der Waals surface area contributed by atoms with Crippen LogP contribution >= 0.6 is 35.7 Å². The van der Waals surface area contributed by atoms with Crippen LogP contribution in [0, 0.1) is 6.92 Å². The van der Waals surface area contributed by atoms with E-state index in [1.807, 2.05) is 71.0 Å². The molecule has 0 saturated heterocycles. The first-order valence-corrected chi connectivity index (χ1v) is 14.7. The molecule has 0 aliphatic carbocycles. The summed E-state index contributed by atoms with van der Waals surface area (Å²) in [5.74, 6) is 2.23. The molecule has 0 bridgehead atoms. The van der Waals surface area contributed by atoms with Gasteiger partial charge in [-0.05, 0) is 72.1 Å². The molecule has 1 heterocycles. The molecule has 1 atom stereocenters. The SMILES string of the molecule is COc1ccc(C(=S)SC(Cc2ccc(C)cc2)(SCn2nnc3ccccc32)c2ccc(OC)cc2)cc1. The van der Waals surface area contributed by atoms with Gasteiger partial charge in [-0.15, -0.1) is 16.9 Å². The van der Waals surface area contributed by atoms with Crippen LogP contribution in [0.5, 0.6) is 11.5 Å². The third kappa shape index (κ3) is 6.30. The third-order valence-corrected chi connectivity index (χ3v) is 9.95. The molecule has 198 valence electrons. The second-order valence-corrected chi connectivity index (χ2v) is 12.6. The van der Waals surface area contributed by atoms with Crippen LogP contribution in [0.2, 0.25) is 0 Å². The van der Waals surface area contributed by atoms with Crippen molar-refractivity contribution in [2.45, 2.75) is 23.3 Å². The lowest BCUT2D eigenvalue weighted by molar-refractivity contribution is 0.414. The number of hydrogen-bond donors (Lipinski definition) is 0. The maximum atomic E-state index is 6.07. The van der Waals surface area contributed by atoms with Crippen molar-refractivity contribution in [2.75, 3.05) is 14.2 Å². The number of hydrogen-bond acceptors (Lipinski definition) is 7. The molecule has 0 saturated carbocycles. The smallest absolute Gasteiger partial charge is 0.118 e. The lowest BCUT2D eigenvalue weighted by atomic mass is 10.0. The van der Waals surface area contributed by atoms with Gasteiger partial charge >= 0.3 is 0 Å². The maximum absolute atomic E-state index is 6.07. The van der Waals surface area contributed by atoms with Gasteiger partial charge in [-0.3, -0.25) is 0 Å². The molecule has 1 unspecified atom stereocenters. The summed E-state index contributed by atoms with van der Waals surface area (Å²) in [6.45, 7) is 2.11. The number of thiocarbonyl (C=S) groups is 1. The Balaban J connectivity index is 1.57. The summed E-state index contributed by atoms with van der Waals surface area (Å²) in [6, 6.07) is 33.0. The van der Waals surface area contributed by atoms with Crippen molar-refractivity contribution >= 4 is 51.0 Å². The topological polar surface area (TPSA) is 49.2 Å². The highest BCUT2D eigenvalue weighted by Crippen LogP contribution is 2.51. The number of nitrogens with zero attached hydrogens (tertiary/aromatic N) is 3. The maximum Gasteiger partial charge on any atom is 0.118 e. The molecule has 0 spiro atoms. The van der Waals surface area contributed by atoms with E-state index in [1.54, 1.807) is 26.0 Å². The van der Waals surface area contributed by atoms with Gasteiger partial charge in [-0.2, -0.15) is 0 Å². The average molecular weight is 572 g/mol. The van der Waals surface area contributed by atoms with Crippen molar-refractivity contribution < 1.29 is 9.47 Å². The van der Waals surface area contributed by atoms with E-state index in [0.29, 0.717) is 5.88 Å². The first-order chi connectivity index (χ1) is 19.0. The molecule has 5 rings (SSSR count). The monoisotopic (exact) mass is 571 g/mol. The predicted octanol–water partition coefficient (Wildman–Crippen LogP) is 7.65. The van der Waals surface area contributed by atoms with Crippen molar-refractivity contribution in [2.24, 2.45) is 0 Å². The first-order valence-electron chi connectivity index (χ1n) is 12.5. The largest absolute Gasteiger partial charge is 0.497 e. The van der Waals surface area contributed by atoms with E-state index in [4.69, 9.17) is 21.7 Å². The lowest BCUT2D eigenvalue weighted by Gasteiger charge is -2.34. The van der Waals surface area contributed by atoms with E-state index in [0.717, 1.165) is 44.3 Å². The van der Waals surface area contributed by atoms with Crippen molar-refractivity contribution in [3.8, 4) is 11.5 Å². The molecular weight excluding hydrogens is 543 g/mol. The van der Waals surface area contributed by atoms with E-state index < -0.39 is 4.08 Å². The fourth-order valence-electron chi connectivity index (χ4n) is 4.29. The number of benzene rings is 4. The van der Waals surface area contributed by atoms with Crippen LogP contribution in [0.25, 0.3) is 11.0 Å². The van der Waals surface area contributed by atoms with Crippen molar-refractivity contribution in [1.82, 2.24) is 15.0 Å². The number of methoxy groups -OCH3 is 2. The molecular formula is C31H29N3O2S3. The van der Waals surface area contributed by atoms with E-state index in [1.165, 1.54) is 11.1 Å². The van der Waals surface area contributed by atoms with Gasteiger partial charge in [-0.1, -0.05) is 83.3 Å².